The molecular formula is C18H21F2N3. The molecule has 3 rings (SSSR count). The maximum Gasteiger partial charge on any atom is 0.159 e. The highest BCUT2D eigenvalue weighted by Crippen LogP contribution is 2.18. The van der Waals surface area contributed by atoms with Gasteiger partial charge >= 0.3 is 0 Å². The Balaban J connectivity index is 1.63. The molecule has 1 aromatic heterocycles. The zero-order chi connectivity index (χ0) is 16.2. The molecule has 2 aromatic rings. The second-order valence-electron chi connectivity index (χ2n) is 6.02. The summed E-state index contributed by atoms with van der Waals surface area (Å²) in [6, 6.07) is 8.30. The van der Waals surface area contributed by atoms with Gasteiger partial charge in [-0.05, 0) is 43.2 Å². The monoisotopic (exact) mass is 317 g/mol. The number of aromatic nitrogens is 1. The van der Waals surface area contributed by atoms with Gasteiger partial charge in [-0.25, -0.2) is 8.78 Å². The van der Waals surface area contributed by atoms with E-state index < -0.39 is 11.6 Å². The van der Waals surface area contributed by atoms with Crippen LogP contribution in [0.3, 0.4) is 0 Å². The lowest BCUT2D eigenvalue weighted by atomic mass is 10.2. The summed E-state index contributed by atoms with van der Waals surface area (Å²) in [5, 5.41) is 0. The lowest BCUT2D eigenvalue weighted by Crippen LogP contribution is -2.30. The van der Waals surface area contributed by atoms with Gasteiger partial charge in [0, 0.05) is 50.3 Å². The highest BCUT2D eigenvalue weighted by Gasteiger charge is 2.16. The molecule has 0 aliphatic carbocycles. The van der Waals surface area contributed by atoms with Gasteiger partial charge in [0.15, 0.2) is 11.6 Å². The summed E-state index contributed by atoms with van der Waals surface area (Å²) < 4.78 is 26.3. The minimum atomic E-state index is -0.788. The van der Waals surface area contributed by atoms with Crippen LogP contribution in [0.4, 0.5) is 14.5 Å². The minimum Gasteiger partial charge on any atom is -0.370 e. The minimum absolute atomic E-state index is 0.653. The van der Waals surface area contributed by atoms with Crippen LogP contribution in [0.25, 0.3) is 0 Å². The Morgan fingerprint density at radius 3 is 2.65 bits per heavy atom. The average molecular weight is 317 g/mol. The van der Waals surface area contributed by atoms with Crippen LogP contribution in [-0.4, -0.2) is 36.1 Å². The lowest BCUT2D eigenvalue weighted by Gasteiger charge is -2.24. The van der Waals surface area contributed by atoms with E-state index in [9.17, 15) is 8.78 Å². The van der Waals surface area contributed by atoms with Gasteiger partial charge in [-0.15, -0.1) is 0 Å². The van der Waals surface area contributed by atoms with E-state index in [1.807, 2.05) is 19.2 Å². The van der Waals surface area contributed by atoms with Crippen LogP contribution in [0.5, 0.6) is 0 Å². The third-order valence-corrected chi connectivity index (χ3v) is 4.22. The second-order valence-corrected chi connectivity index (χ2v) is 6.02. The summed E-state index contributed by atoms with van der Waals surface area (Å²) >= 11 is 0. The Morgan fingerprint density at radius 2 is 1.87 bits per heavy atom. The van der Waals surface area contributed by atoms with Gasteiger partial charge in [0.05, 0.1) is 0 Å². The molecule has 0 unspecified atom stereocenters. The van der Waals surface area contributed by atoms with Crippen molar-refractivity contribution in [2.75, 3.05) is 31.1 Å². The van der Waals surface area contributed by atoms with Crippen LogP contribution in [0.1, 0.15) is 17.7 Å². The van der Waals surface area contributed by atoms with E-state index >= 15 is 0 Å². The van der Waals surface area contributed by atoms with Crippen LogP contribution in [0, 0.1) is 18.6 Å². The Labute approximate surface area is 135 Å². The average Bonchev–Trinajstić information content (AvgIpc) is 2.77. The van der Waals surface area contributed by atoms with Crippen molar-refractivity contribution in [1.29, 1.82) is 0 Å². The number of aryl methyl sites for hydroxylation is 1. The first kappa shape index (κ1) is 15.9. The van der Waals surface area contributed by atoms with Crippen molar-refractivity contribution >= 4 is 5.69 Å². The van der Waals surface area contributed by atoms with E-state index in [2.05, 4.69) is 20.9 Å². The molecule has 2 heterocycles. The molecular weight excluding hydrogens is 296 g/mol. The molecule has 1 aliphatic rings. The Bertz CT molecular complexity index is 675. The number of benzene rings is 1. The van der Waals surface area contributed by atoms with Crippen LogP contribution in [0.2, 0.25) is 0 Å². The summed E-state index contributed by atoms with van der Waals surface area (Å²) in [7, 11) is 0. The van der Waals surface area contributed by atoms with E-state index in [1.165, 1.54) is 17.8 Å². The van der Waals surface area contributed by atoms with Crippen molar-refractivity contribution in [1.82, 2.24) is 9.88 Å². The van der Waals surface area contributed by atoms with Crippen LogP contribution in [0.15, 0.2) is 36.5 Å². The van der Waals surface area contributed by atoms with Gasteiger partial charge in [0.25, 0.3) is 0 Å². The Hall–Kier alpha value is -2.01. The zero-order valence-corrected chi connectivity index (χ0v) is 13.3. The van der Waals surface area contributed by atoms with Gasteiger partial charge in [-0.2, -0.15) is 0 Å². The van der Waals surface area contributed by atoms with Crippen molar-refractivity contribution in [2.24, 2.45) is 0 Å². The van der Waals surface area contributed by atoms with Crippen molar-refractivity contribution in [3.63, 3.8) is 0 Å². The smallest absolute Gasteiger partial charge is 0.159 e. The van der Waals surface area contributed by atoms with E-state index in [-0.39, 0.29) is 0 Å². The molecule has 0 amide bonds. The first-order valence-corrected chi connectivity index (χ1v) is 7.96. The SMILES string of the molecule is Cc1cc(N2CCCN(Cc3ccc(F)c(F)c3)CC2)ccn1. The predicted molar refractivity (Wildman–Crippen MR) is 87.4 cm³/mol. The fraction of sp³-hybridized carbons (Fsp3) is 0.389. The van der Waals surface area contributed by atoms with E-state index in [0.29, 0.717) is 6.54 Å². The third kappa shape index (κ3) is 4.05. The van der Waals surface area contributed by atoms with Gasteiger partial charge in [-0.1, -0.05) is 6.07 Å². The van der Waals surface area contributed by atoms with Crippen molar-refractivity contribution < 1.29 is 8.78 Å². The normalized spacial score (nSPS) is 16.4. The molecule has 1 aromatic carbocycles. The predicted octanol–water partition coefficient (Wildman–Crippen LogP) is 3.38. The molecule has 0 bridgehead atoms. The van der Waals surface area contributed by atoms with Gasteiger partial charge in [0.1, 0.15) is 0 Å². The topological polar surface area (TPSA) is 19.4 Å². The highest BCUT2D eigenvalue weighted by atomic mass is 19.2. The van der Waals surface area contributed by atoms with E-state index in [4.69, 9.17) is 0 Å². The van der Waals surface area contributed by atoms with Gasteiger partial charge < -0.3 is 4.90 Å². The lowest BCUT2D eigenvalue weighted by molar-refractivity contribution is 0.285. The third-order valence-electron chi connectivity index (χ3n) is 4.22. The number of hydrogen-bond acceptors (Lipinski definition) is 3. The van der Waals surface area contributed by atoms with Gasteiger partial charge in [0.2, 0.25) is 0 Å². The molecule has 122 valence electrons. The van der Waals surface area contributed by atoms with Gasteiger partial charge in [-0.3, -0.25) is 9.88 Å². The van der Waals surface area contributed by atoms with E-state index in [1.54, 1.807) is 6.07 Å². The maximum atomic E-state index is 13.3. The fourth-order valence-electron chi connectivity index (χ4n) is 3.01. The Kier molecular flexibility index (Phi) is 4.86. The second kappa shape index (κ2) is 7.04. The fourth-order valence-corrected chi connectivity index (χ4v) is 3.01. The molecule has 0 spiro atoms. The summed E-state index contributed by atoms with van der Waals surface area (Å²) in [6.45, 7) is 6.43. The van der Waals surface area contributed by atoms with Crippen LogP contribution < -0.4 is 4.90 Å². The summed E-state index contributed by atoms with van der Waals surface area (Å²) in [4.78, 5) is 8.89. The molecule has 0 N–H and O–H groups in total. The molecule has 1 fully saturated rings. The summed E-state index contributed by atoms with van der Waals surface area (Å²) in [5.74, 6) is -1.56. The summed E-state index contributed by atoms with van der Waals surface area (Å²) in [5.41, 5.74) is 3.04. The molecule has 1 saturated heterocycles. The molecule has 0 saturated carbocycles. The van der Waals surface area contributed by atoms with Crippen LogP contribution in [-0.2, 0) is 6.54 Å². The number of anilines is 1. The number of halogens is 2. The first-order valence-electron chi connectivity index (χ1n) is 7.96. The molecule has 0 atom stereocenters. The van der Waals surface area contributed by atoms with Crippen molar-refractivity contribution in [3.8, 4) is 0 Å². The molecule has 1 aliphatic heterocycles. The Morgan fingerprint density at radius 1 is 1.00 bits per heavy atom. The quantitative estimate of drug-likeness (QED) is 0.865. The highest BCUT2D eigenvalue weighted by molar-refractivity contribution is 5.46. The standard InChI is InChI=1S/C18H21F2N3/c1-14-11-16(5-6-21-14)23-8-2-7-22(9-10-23)13-15-3-4-17(19)18(20)12-15/h3-6,11-12H,2,7-10,13H2,1H3. The van der Waals surface area contributed by atoms with Crippen LogP contribution >= 0.6 is 0 Å². The zero-order valence-electron chi connectivity index (χ0n) is 13.3. The number of hydrogen-bond donors (Lipinski definition) is 0. The molecule has 0 radical (unpaired) electrons. The maximum absolute atomic E-state index is 13.3. The van der Waals surface area contributed by atoms with Crippen molar-refractivity contribution in [3.05, 3.63) is 59.4 Å². The summed E-state index contributed by atoms with van der Waals surface area (Å²) in [6.07, 6.45) is 2.89. The first-order chi connectivity index (χ1) is 11.1. The molecule has 23 heavy (non-hydrogen) atoms. The number of pyridine rings is 1. The van der Waals surface area contributed by atoms with E-state index in [0.717, 1.165) is 43.9 Å². The largest absolute Gasteiger partial charge is 0.370 e. The molecule has 5 heteroatoms. The number of rotatable bonds is 3. The number of nitrogens with zero attached hydrogens (tertiary/aromatic N) is 3. The van der Waals surface area contributed by atoms with Crippen molar-refractivity contribution in [2.45, 2.75) is 19.9 Å². The molecule has 3 nitrogen and oxygen atoms in total.